The summed E-state index contributed by atoms with van der Waals surface area (Å²) in [6.45, 7) is 1.62. The lowest BCUT2D eigenvalue weighted by molar-refractivity contribution is -0.126. The van der Waals surface area contributed by atoms with Gasteiger partial charge in [0.15, 0.2) is 5.82 Å². The molecule has 1 aliphatic heterocycles. The maximum atomic E-state index is 13.2. The average Bonchev–Trinajstić information content (AvgIpc) is 2.85. The number of anilines is 1. The number of nitrogens with zero attached hydrogens (tertiary/aromatic N) is 3. The molecule has 0 bridgehead atoms. The van der Waals surface area contributed by atoms with Crippen LogP contribution in [0, 0.1) is 5.92 Å². The minimum Gasteiger partial charge on any atom is -0.356 e. The van der Waals surface area contributed by atoms with Crippen LogP contribution in [-0.4, -0.2) is 29.0 Å². The predicted octanol–water partition coefficient (Wildman–Crippen LogP) is 4.55. The Morgan fingerprint density at radius 1 is 0.968 bits per heavy atom. The highest BCUT2D eigenvalue weighted by Gasteiger charge is 2.29. The Hall–Kier alpha value is -3.21. The molecule has 0 saturated carbocycles. The molecule has 2 aliphatic rings. The van der Waals surface area contributed by atoms with E-state index in [2.05, 4.69) is 39.5 Å². The first kappa shape index (κ1) is 19.7. The Morgan fingerprint density at radius 2 is 1.81 bits per heavy atom. The molecule has 158 valence electrons. The van der Waals surface area contributed by atoms with Crippen LogP contribution >= 0.6 is 0 Å². The molecule has 5 heteroatoms. The summed E-state index contributed by atoms with van der Waals surface area (Å²) in [5.41, 5.74) is 3.67. The van der Waals surface area contributed by atoms with E-state index >= 15 is 0 Å². The minimum atomic E-state index is -0.0158. The van der Waals surface area contributed by atoms with Crippen LogP contribution in [0.25, 0.3) is 11.4 Å². The van der Waals surface area contributed by atoms with Crippen molar-refractivity contribution in [2.24, 2.45) is 5.92 Å². The van der Waals surface area contributed by atoms with Gasteiger partial charge in [-0.15, -0.1) is 0 Å². The van der Waals surface area contributed by atoms with E-state index in [9.17, 15) is 4.79 Å². The second kappa shape index (κ2) is 8.88. The van der Waals surface area contributed by atoms with Gasteiger partial charge in [0, 0.05) is 24.8 Å². The molecule has 2 heterocycles. The third kappa shape index (κ3) is 4.31. The maximum Gasteiger partial charge on any atom is 0.225 e. The number of benzene rings is 2. The number of hydrogen-bond acceptors (Lipinski definition) is 4. The van der Waals surface area contributed by atoms with Crippen LogP contribution in [0.3, 0.4) is 0 Å². The summed E-state index contributed by atoms with van der Waals surface area (Å²) in [6.07, 6.45) is 6.98. The Labute approximate surface area is 183 Å². The van der Waals surface area contributed by atoms with Crippen LogP contribution in [0.15, 0.2) is 66.9 Å². The quantitative estimate of drug-likeness (QED) is 0.683. The Morgan fingerprint density at radius 3 is 2.71 bits per heavy atom. The summed E-state index contributed by atoms with van der Waals surface area (Å²) < 4.78 is 0. The third-order valence-electron chi connectivity index (χ3n) is 6.47. The van der Waals surface area contributed by atoms with Gasteiger partial charge in [-0.1, -0.05) is 54.6 Å². The van der Waals surface area contributed by atoms with Crippen molar-refractivity contribution in [1.82, 2.24) is 15.3 Å². The van der Waals surface area contributed by atoms with E-state index in [4.69, 9.17) is 4.98 Å². The highest BCUT2D eigenvalue weighted by atomic mass is 16.2. The first-order valence-corrected chi connectivity index (χ1v) is 11.3. The lowest BCUT2D eigenvalue weighted by atomic mass is 9.87. The molecule has 1 N–H and O–H groups in total. The molecule has 1 amide bonds. The molecule has 0 radical (unpaired) electrons. The number of amides is 1. The second-order valence-electron chi connectivity index (χ2n) is 8.54. The fraction of sp³-hybridized carbons (Fsp3) is 0.346. The first-order valence-electron chi connectivity index (χ1n) is 11.3. The summed E-state index contributed by atoms with van der Waals surface area (Å²) in [7, 11) is 0. The Balaban J connectivity index is 1.28. The molecule has 1 aliphatic carbocycles. The molecule has 1 fully saturated rings. The normalized spacial score (nSPS) is 20.7. The van der Waals surface area contributed by atoms with Crippen molar-refractivity contribution in [2.75, 3.05) is 18.0 Å². The van der Waals surface area contributed by atoms with E-state index in [1.54, 1.807) is 0 Å². The van der Waals surface area contributed by atoms with Crippen LogP contribution < -0.4 is 10.2 Å². The zero-order valence-corrected chi connectivity index (χ0v) is 17.7. The summed E-state index contributed by atoms with van der Waals surface area (Å²) in [6, 6.07) is 20.6. The zero-order chi connectivity index (χ0) is 21.0. The number of nitrogens with one attached hydrogen (secondary N) is 1. The molecular weight excluding hydrogens is 384 g/mol. The molecule has 3 aromatic rings. The van der Waals surface area contributed by atoms with Crippen molar-refractivity contribution in [3.05, 3.63) is 78.0 Å². The van der Waals surface area contributed by atoms with Crippen molar-refractivity contribution < 1.29 is 4.79 Å². The predicted molar refractivity (Wildman–Crippen MR) is 123 cm³/mol. The average molecular weight is 413 g/mol. The van der Waals surface area contributed by atoms with Crippen LogP contribution in [0.2, 0.25) is 0 Å². The van der Waals surface area contributed by atoms with Gasteiger partial charge in [0.1, 0.15) is 5.82 Å². The standard InChI is InChI=1S/C26H28N4O/c31-26(28-23-14-6-11-19-8-4-5-13-22(19)23)21-12-7-17-30(18-21)24-15-16-27-25(29-24)20-9-2-1-3-10-20/h1-5,8-10,13,15-16,21,23H,6-7,11-12,14,17-18H2,(H,28,31). The van der Waals surface area contributed by atoms with Crippen LogP contribution in [0.4, 0.5) is 5.82 Å². The highest BCUT2D eigenvalue weighted by Crippen LogP contribution is 2.30. The van der Waals surface area contributed by atoms with E-state index in [-0.39, 0.29) is 17.9 Å². The molecule has 2 unspecified atom stereocenters. The summed E-state index contributed by atoms with van der Waals surface area (Å²) in [4.78, 5) is 24.6. The smallest absolute Gasteiger partial charge is 0.225 e. The van der Waals surface area contributed by atoms with Gasteiger partial charge in [-0.3, -0.25) is 4.79 Å². The number of rotatable bonds is 4. The van der Waals surface area contributed by atoms with Crippen molar-refractivity contribution in [3.63, 3.8) is 0 Å². The van der Waals surface area contributed by atoms with E-state index < -0.39 is 0 Å². The van der Waals surface area contributed by atoms with Crippen molar-refractivity contribution in [1.29, 1.82) is 0 Å². The molecule has 1 saturated heterocycles. The number of piperidine rings is 1. The topological polar surface area (TPSA) is 58.1 Å². The molecule has 5 nitrogen and oxygen atoms in total. The lowest BCUT2D eigenvalue weighted by Crippen LogP contribution is -2.44. The van der Waals surface area contributed by atoms with Gasteiger partial charge in [0.2, 0.25) is 5.91 Å². The number of aryl methyl sites for hydroxylation is 1. The van der Waals surface area contributed by atoms with Gasteiger partial charge in [-0.25, -0.2) is 9.97 Å². The Kier molecular flexibility index (Phi) is 5.65. The molecule has 31 heavy (non-hydrogen) atoms. The Bertz CT molecular complexity index is 1050. The van der Waals surface area contributed by atoms with Crippen LogP contribution in [0.1, 0.15) is 42.9 Å². The molecule has 0 spiro atoms. The largest absolute Gasteiger partial charge is 0.356 e. The van der Waals surface area contributed by atoms with Gasteiger partial charge in [-0.2, -0.15) is 0 Å². The molecule has 1 aromatic heterocycles. The molecule has 2 aromatic carbocycles. The van der Waals surface area contributed by atoms with Gasteiger partial charge in [0.05, 0.1) is 12.0 Å². The van der Waals surface area contributed by atoms with E-state index in [0.717, 1.165) is 55.9 Å². The number of fused-ring (bicyclic) bond motifs is 1. The van der Waals surface area contributed by atoms with Crippen LogP contribution in [0.5, 0.6) is 0 Å². The SMILES string of the molecule is O=C(NC1CCCc2ccccc21)C1CCCN(c2ccnc(-c3ccccc3)n2)C1. The van der Waals surface area contributed by atoms with E-state index in [1.807, 2.05) is 42.6 Å². The van der Waals surface area contributed by atoms with Gasteiger partial charge in [-0.05, 0) is 49.3 Å². The van der Waals surface area contributed by atoms with Crippen LogP contribution in [-0.2, 0) is 11.2 Å². The molecule has 5 rings (SSSR count). The zero-order valence-electron chi connectivity index (χ0n) is 17.7. The molecule has 2 atom stereocenters. The fourth-order valence-electron chi connectivity index (χ4n) is 4.84. The van der Waals surface area contributed by atoms with E-state index in [1.165, 1.54) is 11.1 Å². The summed E-state index contributed by atoms with van der Waals surface area (Å²) in [5.74, 6) is 1.78. The monoisotopic (exact) mass is 412 g/mol. The summed E-state index contributed by atoms with van der Waals surface area (Å²) in [5, 5.41) is 3.36. The maximum absolute atomic E-state index is 13.2. The van der Waals surface area contributed by atoms with E-state index in [0.29, 0.717) is 6.54 Å². The number of carbonyl (C=O) groups excluding carboxylic acids is 1. The van der Waals surface area contributed by atoms with Gasteiger partial charge in [0.25, 0.3) is 0 Å². The number of carbonyl (C=O) groups is 1. The van der Waals surface area contributed by atoms with Gasteiger partial charge < -0.3 is 10.2 Å². The third-order valence-corrected chi connectivity index (χ3v) is 6.47. The second-order valence-corrected chi connectivity index (χ2v) is 8.54. The lowest BCUT2D eigenvalue weighted by Gasteiger charge is -2.34. The molecular formula is C26H28N4O. The first-order chi connectivity index (χ1) is 15.3. The van der Waals surface area contributed by atoms with Crippen molar-refractivity contribution in [3.8, 4) is 11.4 Å². The number of hydrogen-bond donors (Lipinski definition) is 1. The van der Waals surface area contributed by atoms with Crippen molar-refractivity contribution in [2.45, 2.75) is 38.1 Å². The summed E-state index contributed by atoms with van der Waals surface area (Å²) >= 11 is 0. The minimum absolute atomic E-state index is 0.0158. The highest BCUT2D eigenvalue weighted by molar-refractivity contribution is 5.80. The van der Waals surface area contributed by atoms with Gasteiger partial charge >= 0.3 is 0 Å². The number of aromatic nitrogens is 2. The fourth-order valence-corrected chi connectivity index (χ4v) is 4.84. The van der Waals surface area contributed by atoms with Crippen molar-refractivity contribution >= 4 is 11.7 Å².